The van der Waals surface area contributed by atoms with Gasteiger partial charge in [-0.1, -0.05) is 25.0 Å². The van der Waals surface area contributed by atoms with Crippen LogP contribution in [-0.4, -0.2) is 43.6 Å². The van der Waals surface area contributed by atoms with Crippen LogP contribution >= 0.6 is 0 Å². The molecule has 11 heteroatoms. The fourth-order valence-electron chi connectivity index (χ4n) is 4.52. The van der Waals surface area contributed by atoms with E-state index >= 15 is 0 Å². The van der Waals surface area contributed by atoms with Crippen molar-refractivity contribution in [2.45, 2.75) is 51.7 Å². The molecule has 1 aliphatic carbocycles. The normalized spacial score (nSPS) is 22.7. The predicted octanol–water partition coefficient (Wildman–Crippen LogP) is 3.47. The molecule has 0 atom stereocenters. The van der Waals surface area contributed by atoms with Crippen LogP contribution in [0.15, 0.2) is 18.2 Å². The van der Waals surface area contributed by atoms with Gasteiger partial charge in [-0.15, -0.1) is 0 Å². The first kappa shape index (κ1) is 23.6. The number of hydrogen-bond donors (Lipinski definition) is 2. The highest BCUT2D eigenvalue weighted by atomic mass is 32.2. The summed E-state index contributed by atoms with van der Waals surface area (Å²) in [6, 6.07) is 4.40. The van der Waals surface area contributed by atoms with Crippen LogP contribution in [0.4, 0.5) is 18.9 Å². The van der Waals surface area contributed by atoms with Gasteiger partial charge in [0.25, 0.3) is 5.91 Å². The highest BCUT2D eigenvalue weighted by Crippen LogP contribution is 2.42. The number of primary amides is 1. The Balaban J connectivity index is 1.81. The first-order chi connectivity index (χ1) is 15.4. The number of rotatable bonds is 4. The molecule has 1 aliphatic heterocycles. The van der Waals surface area contributed by atoms with E-state index in [0.717, 1.165) is 4.68 Å². The molecule has 1 fully saturated rings. The highest BCUT2D eigenvalue weighted by Gasteiger charge is 2.45. The second-order valence-corrected chi connectivity index (χ2v) is 11.1. The Bertz CT molecular complexity index is 1110. The smallest absolute Gasteiger partial charge is 0.435 e. The van der Waals surface area contributed by atoms with Crippen molar-refractivity contribution < 1.29 is 27.3 Å². The molecule has 3 N–H and O–H groups in total. The van der Waals surface area contributed by atoms with Crippen LogP contribution in [0, 0.1) is 5.41 Å². The molecule has 0 bridgehead atoms. The van der Waals surface area contributed by atoms with E-state index in [0.29, 0.717) is 35.7 Å². The number of nitrogens with two attached hydrogens (primary N) is 1. The number of aromatic nitrogens is 2. The van der Waals surface area contributed by atoms with Crippen LogP contribution in [-0.2, 0) is 23.8 Å². The minimum Gasteiger partial charge on any atom is -0.616 e. The number of alkyl halides is 3. The first-order valence-electron chi connectivity index (χ1n) is 10.6. The molecular formula is C22H25F3N4O3S. The van der Waals surface area contributed by atoms with Crippen LogP contribution in [0.5, 0.6) is 0 Å². The molecule has 0 spiro atoms. The number of amides is 1. The zero-order valence-corrected chi connectivity index (χ0v) is 19.1. The fraction of sp³-hybridized carbons (Fsp3) is 0.500. The number of hydrogen-bond acceptors (Lipinski definition) is 5. The molecule has 1 aromatic heterocycles. The number of benzene rings is 1. The van der Waals surface area contributed by atoms with Crippen molar-refractivity contribution in [3.05, 3.63) is 40.7 Å². The number of carbonyl (C=O) groups is 2. The van der Waals surface area contributed by atoms with Crippen molar-refractivity contribution in [2.24, 2.45) is 11.1 Å². The van der Waals surface area contributed by atoms with E-state index in [1.54, 1.807) is 0 Å². The molecule has 4 rings (SSSR count). The molecule has 1 saturated heterocycles. The van der Waals surface area contributed by atoms with E-state index < -0.39 is 40.2 Å². The van der Waals surface area contributed by atoms with E-state index in [1.807, 2.05) is 13.8 Å². The topological polar surface area (TPSA) is 113 Å². The molecule has 178 valence electrons. The summed E-state index contributed by atoms with van der Waals surface area (Å²) in [6.07, 6.45) is -3.27. The van der Waals surface area contributed by atoms with Gasteiger partial charge in [0.1, 0.15) is 11.5 Å². The van der Waals surface area contributed by atoms with Crippen molar-refractivity contribution in [1.29, 1.82) is 0 Å². The number of Topliss-reactive ketones (excluding diaryl/α,β-unsaturated/α-hetero) is 1. The average molecular weight is 483 g/mol. The minimum absolute atomic E-state index is 0.00520. The van der Waals surface area contributed by atoms with Gasteiger partial charge in [0, 0.05) is 31.0 Å². The zero-order chi connectivity index (χ0) is 24.1. The largest absolute Gasteiger partial charge is 0.616 e. The van der Waals surface area contributed by atoms with E-state index in [-0.39, 0.29) is 35.7 Å². The molecule has 2 aromatic rings. The number of carbonyl (C=O) groups excluding carboxylic acids is 2. The summed E-state index contributed by atoms with van der Waals surface area (Å²) in [5.74, 6) is -0.204. The molecule has 0 unspecified atom stereocenters. The Morgan fingerprint density at radius 3 is 2.55 bits per heavy atom. The summed E-state index contributed by atoms with van der Waals surface area (Å²) in [4.78, 5) is 24.6. The maximum atomic E-state index is 13.7. The van der Waals surface area contributed by atoms with Crippen molar-refractivity contribution in [3.63, 3.8) is 0 Å². The second kappa shape index (κ2) is 8.35. The molecule has 0 saturated carbocycles. The summed E-state index contributed by atoms with van der Waals surface area (Å²) in [7, 11) is 0. The van der Waals surface area contributed by atoms with Crippen LogP contribution in [0.3, 0.4) is 0 Å². The summed E-state index contributed by atoms with van der Waals surface area (Å²) in [6.45, 7) is 3.66. The van der Waals surface area contributed by atoms with Gasteiger partial charge in [-0.25, -0.2) is 4.68 Å². The Morgan fingerprint density at radius 2 is 1.94 bits per heavy atom. The maximum absolute atomic E-state index is 13.7. The van der Waals surface area contributed by atoms with Gasteiger partial charge in [0.15, 0.2) is 11.5 Å². The van der Waals surface area contributed by atoms with E-state index in [1.165, 1.54) is 18.2 Å². The molecule has 1 amide bonds. The molecule has 33 heavy (non-hydrogen) atoms. The average Bonchev–Trinajstić information content (AvgIpc) is 3.08. The number of nitrogens with zero attached hydrogens (tertiary/aromatic N) is 2. The number of halogens is 3. The van der Waals surface area contributed by atoms with Crippen molar-refractivity contribution in [3.8, 4) is 5.69 Å². The summed E-state index contributed by atoms with van der Waals surface area (Å²) in [5, 5.41) is 7.05. The van der Waals surface area contributed by atoms with Gasteiger partial charge in [0.2, 0.25) is 0 Å². The first-order valence-corrected chi connectivity index (χ1v) is 12.1. The van der Waals surface area contributed by atoms with E-state index in [4.69, 9.17) is 5.73 Å². The van der Waals surface area contributed by atoms with Gasteiger partial charge >= 0.3 is 6.18 Å². The van der Waals surface area contributed by atoms with Crippen molar-refractivity contribution >= 4 is 28.6 Å². The standard InChI is InChI=1S/C22H25F3N4O3S/c1-21(2)10-16-18(17(30)11-21)19(22(23,24)25)28-29(16)13-3-4-14(20(26)31)15(9-13)27-12-5-7-33(32)8-6-12/h3-4,9,12,27H,5-8,10-11H2,1-2H3,(H2,26,31). The molecular weight excluding hydrogens is 457 g/mol. The van der Waals surface area contributed by atoms with Crippen LogP contribution in [0.1, 0.15) is 65.2 Å². The molecule has 7 nitrogen and oxygen atoms in total. The van der Waals surface area contributed by atoms with Crippen molar-refractivity contribution in [2.75, 3.05) is 16.8 Å². The number of nitrogens with one attached hydrogen (secondary N) is 1. The second-order valence-electron chi connectivity index (χ2n) is 9.38. The molecule has 2 aliphatic rings. The minimum atomic E-state index is -4.78. The Morgan fingerprint density at radius 1 is 1.27 bits per heavy atom. The van der Waals surface area contributed by atoms with Gasteiger partial charge in [-0.3, -0.25) is 9.59 Å². The van der Waals surface area contributed by atoms with Crippen molar-refractivity contribution in [1.82, 2.24) is 9.78 Å². The van der Waals surface area contributed by atoms with Crippen LogP contribution < -0.4 is 11.1 Å². The monoisotopic (exact) mass is 482 g/mol. The zero-order valence-electron chi connectivity index (χ0n) is 18.3. The Hall–Kier alpha value is -2.53. The van der Waals surface area contributed by atoms with Gasteiger partial charge in [-0.05, 0) is 30.0 Å². The summed E-state index contributed by atoms with van der Waals surface area (Å²) in [5.41, 5.74) is 4.48. The third-order valence-electron chi connectivity index (χ3n) is 6.07. The van der Waals surface area contributed by atoms with Crippen LogP contribution in [0.25, 0.3) is 5.69 Å². The number of ketones is 1. The Kier molecular flexibility index (Phi) is 5.98. The van der Waals surface area contributed by atoms with E-state index in [9.17, 15) is 27.3 Å². The lowest BCUT2D eigenvalue weighted by Gasteiger charge is -2.29. The highest BCUT2D eigenvalue weighted by molar-refractivity contribution is 7.91. The third kappa shape index (κ3) is 4.74. The van der Waals surface area contributed by atoms with Gasteiger partial charge in [-0.2, -0.15) is 18.3 Å². The molecule has 2 heterocycles. The summed E-state index contributed by atoms with van der Waals surface area (Å²) < 4.78 is 54.0. The lowest BCUT2D eigenvalue weighted by Crippen LogP contribution is -2.33. The fourth-order valence-corrected chi connectivity index (χ4v) is 5.82. The third-order valence-corrected chi connectivity index (χ3v) is 7.46. The van der Waals surface area contributed by atoms with Gasteiger partial charge in [0.05, 0.1) is 22.5 Å². The SMILES string of the molecule is CC1(C)CC(=O)c2c(C(F)(F)F)nn(-c3ccc(C(N)=O)c(NC4CC[S+]([O-])CC4)c3)c2C1. The summed E-state index contributed by atoms with van der Waals surface area (Å²) >= 11 is -0.870. The number of fused-ring (bicyclic) bond motifs is 1. The van der Waals surface area contributed by atoms with Gasteiger partial charge < -0.3 is 15.6 Å². The lowest BCUT2D eigenvalue weighted by atomic mass is 9.75. The maximum Gasteiger partial charge on any atom is 0.435 e. The van der Waals surface area contributed by atoms with E-state index in [2.05, 4.69) is 10.4 Å². The molecule has 1 aromatic carbocycles. The molecule has 0 radical (unpaired) electrons. The quantitative estimate of drug-likeness (QED) is 0.648. The predicted molar refractivity (Wildman–Crippen MR) is 118 cm³/mol. The number of anilines is 1. The Labute approximate surface area is 192 Å². The van der Waals surface area contributed by atoms with Crippen LogP contribution in [0.2, 0.25) is 0 Å². The lowest BCUT2D eigenvalue weighted by molar-refractivity contribution is -0.141.